The van der Waals surface area contributed by atoms with Gasteiger partial charge in [-0.15, -0.1) is 0 Å². The minimum absolute atomic E-state index is 0.114. The number of hydrogen-bond acceptors (Lipinski definition) is 4. The van der Waals surface area contributed by atoms with Crippen LogP contribution in [0.2, 0.25) is 0 Å². The van der Waals surface area contributed by atoms with Gasteiger partial charge in [0.15, 0.2) is 0 Å². The fourth-order valence-electron chi connectivity index (χ4n) is 2.45. The quantitative estimate of drug-likeness (QED) is 0.888. The molecule has 1 aromatic carbocycles. The van der Waals surface area contributed by atoms with Crippen molar-refractivity contribution in [2.75, 3.05) is 19.0 Å². The molecule has 7 nitrogen and oxygen atoms in total. The summed E-state index contributed by atoms with van der Waals surface area (Å²) in [5.41, 5.74) is 2.18. The number of nitrogens with zero attached hydrogens (tertiary/aromatic N) is 2. The number of anilines is 1. The minimum Gasteiger partial charge on any atom is -0.493 e. The number of ether oxygens (including phenoxy) is 1. The Morgan fingerprint density at radius 2 is 2.26 bits per heavy atom. The number of fused-ring (bicyclic) bond motifs is 1. The summed E-state index contributed by atoms with van der Waals surface area (Å²) in [4.78, 5) is 23.6. The average Bonchev–Trinajstić information content (AvgIpc) is 3.01. The summed E-state index contributed by atoms with van der Waals surface area (Å²) in [5, 5.41) is 9.34. The fourth-order valence-corrected chi connectivity index (χ4v) is 2.45. The molecule has 0 fully saturated rings. The van der Waals surface area contributed by atoms with E-state index in [1.165, 1.54) is 10.9 Å². The smallest absolute Gasteiger partial charge is 0.255 e. The molecular formula is C16H18N4O3. The highest BCUT2D eigenvalue weighted by Gasteiger charge is 2.14. The number of hydrogen-bond donors (Lipinski definition) is 2. The molecule has 1 aliphatic heterocycles. The predicted octanol–water partition coefficient (Wildman–Crippen LogP) is 1.21. The Balaban J connectivity index is 1.68. The van der Waals surface area contributed by atoms with Crippen LogP contribution in [-0.2, 0) is 17.8 Å². The maximum atomic E-state index is 12.3. The van der Waals surface area contributed by atoms with Crippen LogP contribution in [0.5, 0.6) is 5.75 Å². The Labute approximate surface area is 133 Å². The molecule has 2 heterocycles. The number of rotatable bonds is 4. The van der Waals surface area contributed by atoms with Crippen molar-refractivity contribution >= 4 is 17.5 Å². The summed E-state index contributed by atoms with van der Waals surface area (Å²) < 4.78 is 7.01. The van der Waals surface area contributed by atoms with E-state index in [2.05, 4.69) is 15.7 Å². The molecule has 0 saturated carbocycles. The zero-order valence-electron chi connectivity index (χ0n) is 12.8. The minimum atomic E-state index is -0.210. The lowest BCUT2D eigenvalue weighted by atomic mass is 10.0. The van der Waals surface area contributed by atoms with Crippen molar-refractivity contribution in [3.8, 4) is 5.75 Å². The van der Waals surface area contributed by atoms with Gasteiger partial charge in [-0.1, -0.05) is 0 Å². The Morgan fingerprint density at radius 3 is 3.09 bits per heavy atom. The molecule has 0 aliphatic carbocycles. The van der Waals surface area contributed by atoms with Gasteiger partial charge in [0.1, 0.15) is 12.3 Å². The maximum absolute atomic E-state index is 12.3. The first kappa shape index (κ1) is 15.1. The number of carbonyl (C=O) groups is 2. The normalized spacial score (nSPS) is 12.9. The second-order valence-electron chi connectivity index (χ2n) is 5.33. The van der Waals surface area contributed by atoms with Gasteiger partial charge in [-0.05, 0) is 36.6 Å². The van der Waals surface area contributed by atoms with Gasteiger partial charge < -0.3 is 15.4 Å². The van der Waals surface area contributed by atoms with Gasteiger partial charge in [0, 0.05) is 18.8 Å². The molecule has 0 atom stereocenters. The van der Waals surface area contributed by atoms with Crippen molar-refractivity contribution in [2.45, 2.75) is 19.4 Å². The van der Waals surface area contributed by atoms with Gasteiger partial charge in [0.2, 0.25) is 5.91 Å². The summed E-state index contributed by atoms with van der Waals surface area (Å²) in [6.07, 6.45) is 5.02. The summed E-state index contributed by atoms with van der Waals surface area (Å²) in [5.74, 6) is 0.490. The zero-order valence-corrected chi connectivity index (χ0v) is 12.8. The fraction of sp³-hybridized carbons (Fsp3) is 0.312. The predicted molar refractivity (Wildman–Crippen MR) is 84.5 cm³/mol. The molecule has 0 saturated heterocycles. The first-order valence-corrected chi connectivity index (χ1v) is 7.46. The molecule has 2 aromatic rings. The molecule has 1 aliphatic rings. The molecule has 0 spiro atoms. The summed E-state index contributed by atoms with van der Waals surface area (Å²) in [6.45, 7) is 0.839. The standard InChI is InChI=1S/C16H18N4O3/c1-17-15(21)10-20-9-13(8-18-20)19-16(22)12-4-5-14-11(7-12)3-2-6-23-14/h4-5,7-9H,2-3,6,10H2,1H3,(H,17,21)(H,19,22). The number of amides is 2. The van der Waals surface area contributed by atoms with Gasteiger partial charge in [-0.3, -0.25) is 14.3 Å². The molecular weight excluding hydrogens is 296 g/mol. The number of aryl methyl sites for hydroxylation is 1. The number of likely N-dealkylation sites (N-methyl/N-ethyl adjacent to an activating group) is 1. The molecule has 0 bridgehead atoms. The molecule has 2 amide bonds. The van der Waals surface area contributed by atoms with Crippen LogP contribution in [0.4, 0.5) is 5.69 Å². The van der Waals surface area contributed by atoms with Crippen LogP contribution in [0.3, 0.4) is 0 Å². The maximum Gasteiger partial charge on any atom is 0.255 e. The lowest BCUT2D eigenvalue weighted by Crippen LogP contribution is -2.23. The molecule has 1 aromatic heterocycles. The van der Waals surface area contributed by atoms with Crippen LogP contribution in [0, 0.1) is 0 Å². The van der Waals surface area contributed by atoms with Crippen LogP contribution in [0.1, 0.15) is 22.3 Å². The van der Waals surface area contributed by atoms with Gasteiger partial charge in [-0.25, -0.2) is 0 Å². The highest BCUT2D eigenvalue weighted by molar-refractivity contribution is 6.04. The van der Waals surface area contributed by atoms with Crippen molar-refractivity contribution in [2.24, 2.45) is 0 Å². The third-order valence-corrected chi connectivity index (χ3v) is 3.65. The van der Waals surface area contributed by atoms with E-state index in [9.17, 15) is 9.59 Å². The highest BCUT2D eigenvalue weighted by atomic mass is 16.5. The van der Waals surface area contributed by atoms with E-state index < -0.39 is 0 Å². The van der Waals surface area contributed by atoms with Crippen molar-refractivity contribution in [3.63, 3.8) is 0 Å². The Kier molecular flexibility index (Phi) is 4.27. The molecule has 23 heavy (non-hydrogen) atoms. The van der Waals surface area contributed by atoms with Gasteiger partial charge >= 0.3 is 0 Å². The third kappa shape index (κ3) is 3.50. The largest absolute Gasteiger partial charge is 0.493 e. The van der Waals surface area contributed by atoms with Crippen molar-refractivity contribution in [1.29, 1.82) is 0 Å². The monoisotopic (exact) mass is 314 g/mol. The van der Waals surface area contributed by atoms with E-state index in [1.807, 2.05) is 12.1 Å². The lowest BCUT2D eigenvalue weighted by Gasteiger charge is -2.17. The van der Waals surface area contributed by atoms with Crippen LogP contribution in [0.25, 0.3) is 0 Å². The lowest BCUT2D eigenvalue weighted by molar-refractivity contribution is -0.121. The number of benzene rings is 1. The molecule has 0 unspecified atom stereocenters. The summed E-state index contributed by atoms with van der Waals surface area (Å²) in [7, 11) is 1.56. The molecule has 3 rings (SSSR count). The van der Waals surface area contributed by atoms with E-state index in [-0.39, 0.29) is 18.4 Å². The highest BCUT2D eigenvalue weighted by Crippen LogP contribution is 2.25. The van der Waals surface area contributed by atoms with E-state index >= 15 is 0 Å². The molecule has 120 valence electrons. The Bertz CT molecular complexity index is 739. The van der Waals surface area contributed by atoms with E-state index in [4.69, 9.17) is 4.74 Å². The second-order valence-corrected chi connectivity index (χ2v) is 5.33. The molecule has 7 heteroatoms. The van der Waals surface area contributed by atoms with E-state index in [0.29, 0.717) is 11.3 Å². The molecule has 0 radical (unpaired) electrons. The van der Waals surface area contributed by atoms with Crippen molar-refractivity contribution < 1.29 is 14.3 Å². The van der Waals surface area contributed by atoms with Crippen LogP contribution in [-0.4, -0.2) is 35.2 Å². The summed E-state index contributed by atoms with van der Waals surface area (Å²) >= 11 is 0. The SMILES string of the molecule is CNC(=O)Cn1cc(NC(=O)c2ccc3c(c2)CCCO3)cn1. The number of nitrogens with one attached hydrogen (secondary N) is 2. The molecule has 2 N–H and O–H groups in total. The first-order valence-electron chi connectivity index (χ1n) is 7.46. The van der Waals surface area contributed by atoms with Crippen LogP contribution in [0.15, 0.2) is 30.6 Å². The van der Waals surface area contributed by atoms with E-state index in [0.717, 1.165) is 30.8 Å². The number of carbonyl (C=O) groups excluding carboxylic acids is 2. The Hall–Kier alpha value is -2.83. The Morgan fingerprint density at radius 1 is 1.39 bits per heavy atom. The van der Waals surface area contributed by atoms with Gasteiger partial charge in [-0.2, -0.15) is 5.10 Å². The third-order valence-electron chi connectivity index (χ3n) is 3.65. The topological polar surface area (TPSA) is 85.2 Å². The van der Waals surface area contributed by atoms with Crippen LogP contribution >= 0.6 is 0 Å². The van der Waals surface area contributed by atoms with Gasteiger partial charge in [0.05, 0.1) is 18.5 Å². The first-order chi connectivity index (χ1) is 11.2. The summed E-state index contributed by atoms with van der Waals surface area (Å²) in [6, 6.07) is 5.44. The average molecular weight is 314 g/mol. The second kappa shape index (κ2) is 6.51. The van der Waals surface area contributed by atoms with E-state index in [1.54, 1.807) is 19.3 Å². The van der Waals surface area contributed by atoms with Crippen molar-refractivity contribution in [3.05, 3.63) is 41.7 Å². The van der Waals surface area contributed by atoms with Crippen LogP contribution < -0.4 is 15.4 Å². The van der Waals surface area contributed by atoms with Gasteiger partial charge in [0.25, 0.3) is 5.91 Å². The zero-order chi connectivity index (χ0) is 16.2. The number of aromatic nitrogens is 2. The van der Waals surface area contributed by atoms with Crippen molar-refractivity contribution in [1.82, 2.24) is 15.1 Å².